The Balaban J connectivity index is 2.90. The van der Waals surface area contributed by atoms with Crippen molar-refractivity contribution < 1.29 is 4.92 Å². The van der Waals surface area contributed by atoms with Crippen molar-refractivity contribution in [2.45, 2.75) is 13.0 Å². The summed E-state index contributed by atoms with van der Waals surface area (Å²) in [6.45, 7) is 1.76. The van der Waals surface area contributed by atoms with Crippen molar-refractivity contribution in [2.24, 2.45) is 5.73 Å². The fourth-order valence-corrected chi connectivity index (χ4v) is 0.768. The predicted molar refractivity (Wildman–Crippen MR) is 40.0 cm³/mol. The Kier molecular flexibility index (Phi) is 1.91. The molecule has 0 bridgehead atoms. The number of nitro groups is 1. The standard InChI is InChI=1S/C6H9N3O2/c1-4(7)6-2-5(3-8-6)9(10)11/h2-4,8H,7H2,1H3/t4-/m0/s1. The number of aromatic amines is 1. The van der Waals surface area contributed by atoms with Gasteiger partial charge in [-0.1, -0.05) is 0 Å². The highest BCUT2D eigenvalue weighted by Crippen LogP contribution is 2.15. The number of hydrogen-bond acceptors (Lipinski definition) is 3. The van der Waals surface area contributed by atoms with E-state index in [1.54, 1.807) is 6.92 Å². The van der Waals surface area contributed by atoms with E-state index in [4.69, 9.17) is 5.73 Å². The highest BCUT2D eigenvalue weighted by molar-refractivity contribution is 5.30. The van der Waals surface area contributed by atoms with E-state index in [0.29, 0.717) is 5.69 Å². The third-order valence-corrected chi connectivity index (χ3v) is 1.39. The van der Waals surface area contributed by atoms with Crippen molar-refractivity contribution in [3.63, 3.8) is 0 Å². The molecule has 1 heterocycles. The zero-order valence-corrected chi connectivity index (χ0v) is 6.07. The molecule has 0 aliphatic carbocycles. The number of aromatic nitrogens is 1. The first-order chi connectivity index (χ1) is 5.11. The largest absolute Gasteiger partial charge is 0.358 e. The Bertz CT molecular complexity index is 267. The van der Waals surface area contributed by atoms with Crippen LogP contribution in [0, 0.1) is 10.1 Å². The Labute approximate surface area is 63.4 Å². The minimum Gasteiger partial charge on any atom is -0.358 e. The average Bonchev–Trinajstić information content (AvgIpc) is 2.33. The van der Waals surface area contributed by atoms with E-state index in [-0.39, 0.29) is 11.7 Å². The molecule has 0 radical (unpaired) electrons. The lowest BCUT2D eigenvalue weighted by Crippen LogP contribution is -2.04. The van der Waals surface area contributed by atoms with Gasteiger partial charge in [0.05, 0.1) is 11.1 Å². The van der Waals surface area contributed by atoms with E-state index in [9.17, 15) is 10.1 Å². The molecule has 5 heteroatoms. The summed E-state index contributed by atoms with van der Waals surface area (Å²) in [5.41, 5.74) is 6.20. The Morgan fingerprint density at radius 3 is 2.73 bits per heavy atom. The second kappa shape index (κ2) is 2.71. The number of nitrogens with zero attached hydrogens (tertiary/aromatic N) is 1. The van der Waals surface area contributed by atoms with Gasteiger partial charge < -0.3 is 10.7 Å². The lowest BCUT2D eigenvalue weighted by Gasteiger charge is -1.97. The molecule has 0 saturated carbocycles. The third-order valence-electron chi connectivity index (χ3n) is 1.39. The van der Waals surface area contributed by atoms with E-state index in [2.05, 4.69) is 4.98 Å². The molecule has 5 nitrogen and oxygen atoms in total. The molecule has 1 aromatic heterocycles. The van der Waals surface area contributed by atoms with Gasteiger partial charge in [0.2, 0.25) is 0 Å². The van der Waals surface area contributed by atoms with Gasteiger partial charge in [0.1, 0.15) is 0 Å². The maximum absolute atomic E-state index is 10.2. The summed E-state index contributed by atoms with van der Waals surface area (Å²) >= 11 is 0. The van der Waals surface area contributed by atoms with Crippen molar-refractivity contribution in [3.8, 4) is 0 Å². The average molecular weight is 155 g/mol. The molecule has 1 atom stereocenters. The van der Waals surface area contributed by atoms with Gasteiger partial charge in [-0.25, -0.2) is 0 Å². The van der Waals surface area contributed by atoms with E-state index >= 15 is 0 Å². The van der Waals surface area contributed by atoms with Crippen molar-refractivity contribution in [2.75, 3.05) is 0 Å². The van der Waals surface area contributed by atoms with Crippen LogP contribution in [-0.2, 0) is 0 Å². The van der Waals surface area contributed by atoms with Crippen LogP contribution in [0.5, 0.6) is 0 Å². The smallest absolute Gasteiger partial charge is 0.287 e. The van der Waals surface area contributed by atoms with Crippen LogP contribution >= 0.6 is 0 Å². The van der Waals surface area contributed by atoms with Crippen LogP contribution in [0.3, 0.4) is 0 Å². The van der Waals surface area contributed by atoms with Gasteiger partial charge in [-0.3, -0.25) is 10.1 Å². The van der Waals surface area contributed by atoms with Gasteiger partial charge in [-0.05, 0) is 6.92 Å². The van der Waals surface area contributed by atoms with Gasteiger partial charge in [0, 0.05) is 17.8 Å². The first kappa shape index (κ1) is 7.74. The molecule has 0 aliphatic rings. The van der Waals surface area contributed by atoms with Crippen LogP contribution in [-0.4, -0.2) is 9.91 Å². The molecule has 11 heavy (non-hydrogen) atoms. The van der Waals surface area contributed by atoms with Gasteiger partial charge in [-0.15, -0.1) is 0 Å². The zero-order chi connectivity index (χ0) is 8.43. The lowest BCUT2D eigenvalue weighted by atomic mass is 10.2. The summed E-state index contributed by atoms with van der Waals surface area (Å²) < 4.78 is 0. The van der Waals surface area contributed by atoms with E-state index in [1.807, 2.05) is 0 Å². The normalized spacial score (nSPS) is 12.9. The SMILES string of the molecule is C[C@H](N)c1cc([N+](=O)[O-])c[nH]1. The van der Waals surface area contributed by atoms with E-state index in [0.717, 1.165) is 0 Å². The summed E-state index contributed by atoms with van der Waals surface area (Å²) in [6, 6.07) is 1.24. The molecule has 0 amide bonds. The highest BCUT2D eigenvalue weighted by atomic mass is 16.6. The molecule has 0 fully saturated rings. The van der Waals surface area contributed by atoms with Crippen molar-refractivity contribution in [1.29, 1.82) is 0 Å². The first-order valence-electron chi connectivity index (χ1n) is 3.19. The molecule has 0 aliphatic heterocycles. The first-order valence-corrected chi connectivity index (χ1v) is 3.19. The Hall–Kier alpha value is -1.36. The molecular formula is C6H9N3O2. The number of nitrogens with one attached hydrogen (secondary N) is 1. The van der Waals surface area contributed by atoms with E-state index < -0.39 is 4.92 Å². The van der Waals surface area contributed by atoms with Gasteiger partial charge in [-0.2, -0.15) is 0 Å². The molecule has 60 valence electrons. The van der Waals surface area contributed by atoms with Gasteiger partial charge in [0.25, 0.3) is 5.69 Å². The molecule has 0 aromatic carbocycles. The zero-order valence-electron chi connectivity index (χ0n) is 6.07. The number of nitrogens with two attached hydrogens (primary N) is 1. The minimum atomic E-state index is -0.456. The van der Waals surface area contributed by atoms with Crippen LogP contribution in [0.1, 0.15) is 18.7 Å². The molecule has 1 rings (SSSR count). The number of rotatable bonds is 2. The maximum Gasteiger partial charge on any atom is 0.287 e. The van der Waals surface area contributed by atoms with Crippen LogP contribution in [0.4, 0.5) is 5.69 Å². The second-order valence-electron chi connectivity index (χ2n) is 2.36. The summed E-state index contributed by atoms with van der Waals surface area (Å²) in [7, 11) is 0. The second-order valence-corrected chi connectivity index (χ2v) is 2.36. The van der Waals surface area contributed by atoms with Crippen LogP contribution < -0.4 is 5.73 Å². The molecule has 0 spiro atoms. The monoisotopic (exact) mass is 155 g/mol. The van der Waals surface area contributed by atoms with Crippen LogP contribution in [0.25, 0.3) is 0 Å². The topological polar surface area (TPSA) is 84.9 Å². The van der Waals surface area contributed by atoms with E-state index in [1.165, 1.54) is 12.3 Å². The highest BCUT2D eigenvalue weighted by Gasteiger charge is 2.10. The molecule has 1 aromatic rings. The fourth-order valence-electron chi connectivity index (χ4n) is 0.768. The fraction of sp³-hybridized carbons (Fsp3) is 0.333. The quantitative estimate of drug-likeness (QED) is 0.492. The summed E-state index contributed by atoms with van der Waals surface area (Å²) in [5.74, 6) is 0. The molecule has 0 unspecified atom stereocenters. The van der Waals surface area contributed by atoms with Crippen LogP contribution in [0.15, 0.2) is 12.3 Å². The summed E-state index contributed by atoms with van der Waals surface area (Å²) in [5, 5.41) is 10.2. The predicted octanol–water partition coefficient (Wildman–Crippen LogP) is 0.943. The number of hydrogen-bond donors (Lipinski definition) is 2. The Morgan fingerprint density at radius 2 is 2.45 bits per heavy atom. The van der Waals surface area contributed by atoms with Crippen molar-refractivity contribution in [3.05, 3.63) is 28.1 Å². The summed E-state index contributed by atoms with van der Waals surface area (Å²) in [6.07, 6.45) is 1.33. The van der Waals surface area contributed by atoms with Crippen molar-refractivity contribution in [1.82, 2.24) is 4.98 Å². The third kappa shape index (κ3) is 1.56. The molecular weight excluding hydrogens is 146 g/mol. The molecule has 3 N–H and O–H groups in total. The summed E-state index contributed by atoms with van der Waals surface area (Å²) in [4.78, 5) is 12.4. The van der Waals surface area contributed by atoms with Crippen LogP contribution in [0.2, 0.25) is 0 Å². The minimum absolute atomic E-state index is 0.0531. The van der Waals surface area contributed by atoms with Gasteiger partial charge >= 0.3 is 0 Å². The van der Waals surface area contributed by atoms with Crippen molar-refractivity contribution >= 4 is 5.69 Å². The van der Waals surface area contributed by atoms with Gasteiger partial charge in [0.15, 0.2) is 0 Å². The number of H-pyrrole nitrogens is 1. The lowest BCUT2D eigenvalue weighted by molar-refractivity contribution is -0.384. The maximum atomic E-state index is 10.2. The molecule has 0 saturated heterocycles. The Morgan fingerprint density at radius 1 is 1.82 bits per heavy atom.